The van der Waals surface area contributed by atoms with E-state index in [1.807, 2.05) is 0 Å². The fourth-order valence-corrected chi connectivity index (χ4v) is 4.01. The van der Waals surface area contributed by atoms with Gasteiger partial charge in [0.2, 0.25) is 5.91 Å². The van der Waals surface area contributed by atoms with Crippen LogP contribution >= 0.6 is 0 Å². The second kappa shape index (κ2) is 7.28. The predicted molar refractivity (Wildman–Crippen MR) is 89.8 cm³/mol. The number of likely N-dealkylation sites (tertiary alicyclic amines) is 1. The molecule has 0 saturated carbocycles. The van der Waals surface area contributed by atoms with E-state index in [2.05, 4.69) is 41.4 Å². The van der Waals surface area contributed by atoms with Gasteiger partial charge in [0.15, 0.2) is 0 Å². The fourth-order valence-electron chi connectivity index (χ4n) is 4.01. The lowest BCUT2D eigenvalue weighted by molar-refractivity contribution is -0.128. The highest BCUT2D eigenvalue weighted by atomic mass is 16.2. The van der Waals surface area contributed by atoms with Crippen molar-refractivity contribution in [1.82, 2.24) is 10.2 Å². The van der Waals surface area contributed by atoms with Gasteiger partial charge in [-0.15, -0.1) is 0 Å². The molecule has 2 unspecified atom stereocenters. The van der Waals surface area contributed by atoms with E-state index >= 15 is 0 Å². The third-order valence-electron chi connectivity index (χ3n) is 5.11. The minimum absolute atomic E-state index is 0.0859. The van der Waals surface area contributed by atoms with Crippen LogP contribution in [0.2, 0.25) is 0 Å². The van der Waals surface area contributed by atoms with Crippen molar-refractivity contribution in [1.29, 1.82) is 0 Å². The van der Waals surface area contributed by atoms with E-state index in [0.717, 1.165) is 38.8 Å². The number of carbonyl (C=O) groups is 1. The van der Waals surface area contributed by atoms with E-state index < -0.39 is 0 Å². The summed E-state index contributed by atoms with van der Waals surface area (Å²) in [5, 5.41) is 3.35. The van der Waals surface area contributed by atoms with Crippen molar-refractivity contribution in [3.63, 3.8) is 0 Å². The normalized spacial score (nSPS) is 25.5. The van der Waals surface area contributed by atoms with Gasteiger partial charge in [-0.25, -0.2) is 0 Å². The second-order valence-electron chi connectivity index (χ2n) is 6.70. The minimum atomic E-state index is 0.0859. The standard InChI is InChI=1S/C19H28N2O/c1-2-13-21-14-6-5-12-18(21)19(22)20-17-11-7-9-15-8-3-4-10-16(15)17/h3-4,8,10,17-18H,2,5-7,9,11-14H2,1H3,(H,20,22). The van der Waals surface area contributed by atoms with Crippen molar-refractivity contribution in [3.05, 3.63) is 35.4 Å². The molecule has 22 heavy (non-hydrogen) atoms. The van der Waals surface area contributed by atoms with Crippen molar-refractivity contribution in [2.45, 2.75) is 64.0 Å². The summed E-state index contributed by atoms with van der Waals surface area (Å²) >= 11 is 0. The molecule has 1 aliphatic carbocycles. The maximum atomic E-state index is 12.8. The molecule has 1 aromatic rings. The van der Waals surface area contributed by atoms with Gasteiger partial charge in [-0.2, -0.15) is 0 Å². The van der Waals surface area contributed by atoms with Crippen LogP contribution in [-0.4, -0.2) is 29.9 Å². The number of hydrogen-bond acceptors (Lipinski definition) is 2. The smallest absolute Gasteiger partial charge is 0.237 e. The van der Waals surface area contributed by atoms with Crippen LogP contribution in [0.15, 0.2) is 24.3 Å². The summed E-state index contributed by atoms with van der Waals surface area (Å²) in [6.07, 6.45) is 7.94. The lowest BCUT2D eigenvalue weighted by Crippen LogP contribution is -2.50. The Morgan fingerprint density at radius 3 is 2.95 bits per heavy atom. The SMILES string of the molecule is CCCN1CCCCC1C(=O)NC1CCCc2ccccc21. The highest BCUT2D eigenvalue weighted by Crippen LogP contribution is 2.30. The third-order valence-corrected chi connectivity index (χ3v) is 5.11. The number of amides is 1. The van der Waals surface area contributed by atoms with Crippen LogP contribution in [0.4, 0.5) is 0 Å². The number of carbonyl (C=O) groups excluding carboxylic acids is 1. The number of piperidine rings is 1. The molecular formula is C19H28N2O. The monoisotopic (exact) mass is 300 g/mol. The molecule has 1 saturated heterocycles. The van der Waals surface area contributed by atoms with Crippen LogP contribution in [-0.2, 0) is 11.2 Å². The molecule has 3 nitrogen and oxygen atoms in total. The summed E-state index contributed by atoms with van der Waals surface area (Å²) < 4.78 is 0. The van der Waals surface area contributed by atoms with Crippen molar-refractivity contribution < 1.29 is 4.79 Å². The number of nitrogens with one attached hydrogen (secondary N) is 1. The van der Waals surface area contributed by atoms with Gasteiger partial charge in [0.25, 0.3) is 0 Å². The Balaban J connectivity index is 1.69. The summed E-state index contributed by atoms with van der Waals surface area (Å²) in [4.78, 5) is 15.2. The Kier molecular flexibility index (Phi) is 5.14. The topological polar surface area (TPSA) is 32.3 Å². The molecule has 1 aliphatic heterocycles. The second-order valence-corrected chi connectivity index (χ2v) is 6.70. The lowest BCUT2D eigenvalue weighted by Gasteiger charge is -2.36. The third kappa shape index (κ3) is 3.35. The Morgan fingerprint density at radius 1 is 1.23 bits per heavy atom. The van der Waals surface area contributed by atoms with E-state index in [9.17, 15) is 4.79 Å². The Morgan fingerprint density at radius 2 is 2.09 bits per heavy atom. The molecule has 1 fully saturated rings. The molecule has 1 amide bonds. The lowest BCUT2D eigenvalue weighted by atomic mass is 9.87. The highest BCUT2D eigenvalue weighted by Gasteiger charge is 2.30. The molecule has 3 rings (SSSR count). The van der Waals surface area contributed by atoms with Crippen molar-refractivity contribution >= 4 is 5.91 Å². The Bertz CT molecular complexity index is 512. The van der Waals surface area contributed by atoms with Crippen molar-refractivity contribution in [3.8, 4) is 0 Å². The predicted octanol–water partition coefficient (Wildman–Crippen LogP) is 3.44. The number of fused-ring (bicyclic) bond motifs is 1. The first-order valence-electron chi connectivity index (χ1n) is 8.92. The number of benzene rings is 1. The molecule has 120 valence electrons. The maximum Gasteiger partial charge on any atom is 0.237 e. The van der Waals surface area contributed by atoms with Gasteiger partial charge in [-0.3, -0.25) is 9.69 Å². The van der Waals surface area contributed by atoms with E-state index in [0.29, 0.717) is 0 Å². The van der Waals surface area contributed by atoms with Crippen molar-refractivity contribution in [2.24, 2.45) is 0 Å². The quantitative estimate of drug-likeness (QED) is 0.924. The molecule has 0 spiro atoms. The molecule has 1 heterocycles. The number of hydrogen-bond donors (Lipinski definition) is 1. The van der Waals surface area contributed by atoms with Crippen LogP contribution in [0.3, 0.4) is 0 Å². The van der Waals surface area contributed by atoms with Gasteiger partial charge in [0.1, 0.15) is 0 Å². The number of rotatable bonds is 4. The van der Waals surface area contributed by atoms with Crippen LogP contribution < -0.4 is 5.32 Å². The first kappa shape index (κ1) is 15.5. The van der Waals surface area contributed by atoms with Gasteiger partial charge in [0, 0.05) is 0 Å². The van der Waals surface area contributed by atoms with Gasteiger partial charge in [0.05, 0.1) is 12.1 Å². The van der Waals surface area contributed by atoms with Crippen LogP contribution in [0, 0.1) is 0 Å². The van der Waals surface area contributed by atoms with E-state index in [1.54, 1.807) is 0 Å². The molecule has 2 atom stereocenters. The Labute approximate surface area is 134 Å². The summed E-state index contributed by atoms with van der Waals surface area (Å²) in [7, 11) is 0. The average Bonchev–Trinajstić information content (AvgIpc) is 2.56. The zero-order chi connectivity index (χ0) is 15.4. The van der Waals surface area contributed by atoms with E-state index in [1.165, 1.54) is 30.4 Å². The molecular weight excluding hydrogens is 272 g/mol. The molecule has 3 heteroatoms. The van der Waals surface area contributed by atoms with Gasteiger partial charge < -0.3 is 5.32 Å². The molecule has 1 N–H and O–H groups in total. The summed E-state index contributed by atoms with van der Waals surface area (Å²) in [6, 6.07) is 8.88. The molecule has 2 aliphatic rings. The average molecular weight is 300 g/mol. The van der Waals surface area contributed by atoms with E-state index in [-0.39, 0.29) is 18.0 Å². The maximum absolute atomic E-state index is 12.8. The Hall–Kier alpha value is -1.35. The number of aryl methyl sites for hydroxylation is 1. The van der Waals surface area contributed by atoms with Gasteiger partial charge in [-0.05, 0) is 62.7 Å². The summed E-state index contributed by atoms with van der Waals surface area (Å²) in [5.41, 5.74) is 2.74. The van der Waals surface area contributed by atoms with E-state index in [4.69, 9.17) is 0 Å². The molecule has 1 aromatic carbocycles. The fraction of sp³-hybridized carbons (Fsp3) is 0.632. The first-order chi connectivity index (χ1) is 10.8. The minimum Gasteiger partial charge on any atom is -0.348 e. The number of nitrogens with zero attached hydrogens (tertiary/aromatic N) is 1. The zero-order valence-corrected chi connectivity index (χ0v) is 13.7. The zero-order valence-electron chi connectivity index (χ0n) is 13.7. The summed E-state index contributed by atoms with van der Waals surface area (Å²) in [6.45, 7) is 4.31. The van der Waals surface area contributed by atoms with Crippen molar-refractivity contribution in [2.75, 3.05) is 13.1 Å². The summed E-state index contributed by atoms with van der Waals surface area (Å²) in [5.74, 6) is 0.245. The van der Waals surface area contributed by atoms with Gasteiger partial charge >= 0.3 is 0 Å². The molecule has 0 radical (unpaired) electrons. The largest absolute Gasteiger partial charge is 0.348 e. The van der Waals surface area contributed by atoms with Gasteiger partial charge in [-0.1, -0.05) is 37.6 Å². The van der Waals surface area contributed by atoms with Crippen LogP contribution in [0.1, 0.15) is 62.6 Å². The van der Waals surface area contributed by atoms with Crippen LogP contribution in [0.5, 0.6) is 0 Å². The highest BCUT2D eigenvalue weighted by molar-refractivity contribution is 5.82. The first-order valence-corrected chi connectivity index (χ1v) is 8.92. The molecule has 0 bridgehead atoms. The van der Waals surface area contributed by atoms with Crippen LogP contribution in [0.25, 0.3) is 0 Å². The molecule has 0 aromatic heterocycles.